The van der Waals surface area contributed by atoms with Gasteiger partial charge in [-0.2, -0.15) is 0 Å². The van der Waals surface area contributed by atoms with Gasteiger partial charge < -0.3 is 9.80 Å². The molecule has 10 aromatic rings. The van der Waals surface area contributed by atoms with Gasteiger partial charge in [-0.25, -0.2) is 0 Å². The summed E-state index contributed by atoms with van der Waals surface area (Å²) in [5, 5.41) is 0. The van der Waals surface area contributed by atoms with Crippen molar-refractivity contribution in [2.75, 3.05) is 9.80 Å². The highest BCUT2D eigenvalue weighted by atomic mass is 15.2. The SMILES string of the molecule is CC1(C)c2cc(N(c3ccccc3)c3cccc4c3C35c6c(cccc6N(c6ccccc6)c6ccc(-c7ccccc7-c7ccccc7)cc6)CC3CCC5C4)ccc2-c2c(-c3ccccc3)cccc21. The van der Waals surface area contributed by atoms with Crippen molar-refractivity contribution in [2.24, 2.45) is 11.8 Å². The van der Waals surface area contributed by atoms with Crippen LogP contribution in [0.3, 0.4) is 0 Å². The molecule has 0 saturated heterocycles. The molecule has 0 bridgehead atoms. The molecule has 1 fully saturated rings. The zero-order chi connectivity index (χ0) is 48.0. The third kappa shape index (κ3) is 6.41. The molecule has 0 aromatic heterocycles. The summed E-state index contributed by atoms with van der Waals surface area (Å²) in [6.07, 6.45) is 4.64. The van der Waals surface area contributed by atoms with Crippen molar-refractivity contribution in [3.63, 3.8) is 0 Å². The third-order valence-corrected chi connectivity index (χ3v) is 17.2. The summed E-state index contributed by atoms with van der Waals surface area (Å²) >= 11 is 0. The van der Waals surface area contributed by atoms with Gasteiger partial charge in [-0.3, -0.25) is 0 Å². The van der Waals surface area contributed by atoms with Crippen LogP contribution >= 0.6 is 0 Å². The molecular formula is C70H56N2. The molecule has 0 amide bonds. The predicted molar refractivity (Wildman–Crippen MR) is 301 cm³/mol. The van der Waals surface area contributed by atoms with Crippen molar-refractivity contribution >= 4 is 34.1 Å². The molecule has 2 heteroatoms. The first kappa shape index (κ1) is 42.7. The number of nitrogens with zero attached hydrogens (tertiary/aromatic N) is 2. The normalized spacial score (nSPS) is 18.4. The maximum Gasteiger partial charge on any atom is 0.0505 e. The van der Waals surface area contributed by atoms with Crippen LogP contribution < -0.4 is 9.80 Å². The fraction of sp³-hybridized carbons (Fsp3) is 0.143. The van der Waals surface area contributed by atoms with E-state index in [1.54, 1.807) is 0 Å². The molecule has 2 nitrogen and oxygen atoms in total. The Morgan fingerprint density at radius 1 is 0.347 bits per heavy atom. The second-order valence-corrected chi connectivity index (χ2v) is 21.1. The number of anilines is 6. The zero-order valence-corrected chi connectivity index (χ0v) is 41.0. The minimum atomic E-state index is -0.184. The summed E-state index contributed by atoms with van der Waals surface area (Å²) in [4.78, 5) is 5.18. The number of fused-ring (bicyclic) bond motifs is 5. The van der Waals surface area contributed by atoms with Crippen LogP contribution in [-0.4, -0.2) is 0 Å². The van der Waals surface area contributed by atoms with E-state index in [9.17, 15) is 0 Å². The lowest BCUT2D eigenvalue weighted by molar-refractivity contribution is 0.350. The summed E-state index contributed by atoms with van der Waals surface area (Å²) in [7, 11) is 0. The lowest BCUT2D eigenvalue weighted by Crippen LogP contribution is -2.34. The summed E-state index contributed by atoms with van der Waals surface area (Å²) in [6, 6.07) is 90.8. The maximum absolute atomic E-state index is 2.62. The maximum atomic E-state index is 2.62. The Hall–Kier alpha value is -8.20. The van der Waals surface area contributed by atoms with E-state index >= 15 is 0 Å². The van der Waals surface area contributed by atoms with E-state index in [1.165, 1.54) is 125 Å². The van der Waals surface area contributed by atoms with Gasteiger partial charge in [-0.1, -0.05) is 196 Å². The standard InChI is InChI=1S/C70H56N2/c1-69(2)62-33-19-32-60(48-22-9-4-10-23-48)66(62)61-43-42-57(46-63(61)69)72(55-28-13-6-14-29-55)65-35-18-25-51-45-53-39-38-52-44-50-24-17-34-64(67(50)70(52,53)68(51)65)71(54-26-11-5-12-27-54)56-40-36-49(37-41-56)59-31-16-15-30-58(59)47-20-7-3-8-21-47/h3-37,40-43,46,52-53H,38-39,44-45H2,1-2H3. The van der Waals surface area contributed by atoms with Crippen molar-refractivity contribution < 1.29 is 0 Å². The number of rotatable bonds is 9. The van der Waals surface area contributed by atoms with Crippen LogP contribution in [0, 0.1) is 11.8 Å². The van der Waals surface area contributed by atoms with E-state index in [4.69, 9.17) is 0 Å². The topological polar surface area (TPSA) is 6.48 Å². The summed E-state index contributed by atoms with van der Waals surface area (Å²) in [6.45, 7) is 4.84. The van der Waals surface area contributed by atoms with Crippen LogP contribution in [0.25, 0.3) is 44.5 Å². The van der Waals surface area contributed by atoms with Crippen LogP contribution in [-0.2, 0) is 23.7 Å². The van der Waals surface area contributed by atoms with Crippen LogP contribution in [0.15, 0.2) is 243 Å². The number of hydrogen-bond acceptors (Lipinski definition) is 2. The van der Waals surface area contributed by atoms with Crippen LogP contribution in [0.4, 0.5) is 34.1 Å². The zero-order valence-electron chi connectivity index (χ0n) is 41.0. The van der Waals surface area contributed by atoms with Crippen molar-refractivity contribution in [3.8, 4) is 44.5 Å². The first-order valence-corrected chi connectivity index (χ1v) is 26.0. The van der Waals surface area contributed by atoms with Gasteiger partial charge in [0.15, 0.2) is 0 Å². The van der Waals surface area contributed by atoms with Gasteiger partial charge in [0.2, 0.25) is 0 Å². The predicted octanol–water partition coefficient (Wildman–Crippen LogP) is 18.4. The summed E-state index contributed by atoms with van der Waals surface area (Å²) in [5.74, 6) is 0.996. The first-order chi connectivity index (χ1) is 35.5. The first-order valence-electron chi connectivity index (χ1n) is 26.0. The van der Waals surface area contributed by atoms with E-state index in [0.29, 0.717) is 11.8 Å². The molecular weight excluding hydrogens is 869 g/mol. The molecule has 0 aliphatic heterocycles. The minimum Gasteiger partial charge on any atom is -0.310 e. The molecule has 3 atom stereocenters. The van der Waals surface area contributed by atoms with Crippen LogP contribution in [0.5, 0.6) is 0 Å². The Bertz CT molecular complexity index is 3660. The van der Waals surface area contributed by atoms with Gasteiger partial charge in [0.1, 0.15) is 0 Å². The minimum absolute atomic E-state index is 0.163. The molecule has 1 spiro atoms. The largest absolute Gasteiger partial charge is 0.310 e. The van der Waals surface area contributed by atoms with Gasteiger partial charge in [-0.15, -0.1) is 0 Å². The lowest BCUT2D eigenvalue weighted by atomic mass is 9.68. The molecule has 4 aliphatic carbocycles. The van der Waals surface area contributed by atoms with Crippen molar-refractivity contribution in [2.45, 2.75) is 50.4 Å². The lowest BCUT2D eigenvalue weighted by Gasteiger charge is -2.40. The fourth-order valence-electron chi connectivity index (χ4n) is 14.2. The fourth-order valence-corrected chi connectivity index (χ4v) is 14.2. The molecule has 1 saturated carbocycles. The highest BCUT2D eigenvalue weighted by Crippen LogP contribution is 2.69. The highest BCUT2D eigenvalue weighted by Gasteiger charge is 2.62. The van der Waals surface area contributed by atoms with Gasteiger partial charge >= 0.3 is 0 Å². The molecule has 0 N–H and O–H groups in total. The second-order valence-electron chi connectivity index (χ2n) is 21.1. The molecule has 10 aromatic carbocycles. The molecule has 4 aliphatic rings. The summed E-state index contributed by atoms with van der Waals surface area (Å²) < 4.78 is 0. The number of para-hydroxylation sites is 2. The van der Waals surface area contributed by atoms with Crippen molar-refractivity contribution in [3.05, 3.63) is 276 Å². The molecule has 346 valence electrons. The molecule has 0 heterocycles. The van der Waals surface area contributed by atoms with E-state index in [0.717, 1.165) is 12.8 Å². The number of benzene rings is 10. The third-order valence-electron chi connectivity index (χ3n) is 17.2. The van der Waals surface area contributed by atoms with Crippen molar-refractivity contribution in [1.29, 1.82) is 0 Å². The molecule has 72 heavy (non-hydrogen) atoms. The van der Waals surface area contributed by atoms with Gasteiger partial charge in [0, 0.05) is 33.6 Å². The van der Waals surface area contributed by atoms with Crippen LogP contribution in [0.1, 0.15) is 60.1 Å². The van der Waals surface area contributed by atoms with Crippen LogP contribution in [0.2, 0.25) is 0 Å². The smallest absolute Gasteiger partial charge is 0.0505 e. The number of hydrogen-bond donors (Lipinski definition) is 0. The average molecular weight is 925 g/mol. The van der Waals surface area contributed by atoms with E-state index in [-0.39, 0.29) is 10.8 Å². The van der Waals surface area contributed by atoms with Gasteiger partial charge in [0.25, 0.3) is 0 Å². The van der Waals surface area contributed by atoms with Gasteiger partial charge in [0.05, 0.1) is 11.4 Å². The highest BCUT2D eigenvalue weighted by molar-refractivity contribution is 5.95. The van der Waals surface area contributed by atoms with Gasteiger partial charge in [-0.05, 0) is 176 Å². The molecule has 3 unspecified atom stereocenters. The second kappa shape index (κ2) is 16.7. The Morgan fingerprint density at radius 3 is 1.33 bits per heavy atom. The quantitative estimate of drug-likeness (QED) is 0.142. The Balaban J connectivity index is 0.939. The average Bonchev–Trinajstić information content (AvgIpc) is 4.14. The van der Waals surface area contributed by atoms with E-state index < -0.39 is 0 Å². The Kier molecular flexibility index (Phi) is 9.90. The molecule has 14 rings (SSSR count). The van der Waals surface area contributed by atoms with E-state index in [1.807, 2.05) is 0 Å². The Morgan fingerprint density at radius 2 is 0.778 bits per heavy atom. The summed E-state index contributed by atoms with van der Waals surface area (Å²) in [5.41, 5.74) is 26.0. The van der Waals surface area contributed by atoms with Crippen molar-refractivity contribution in [1.82, 2.24) is 0 Å². The Labute approximate surface area is 424 Å². The monoisotopic (exact) mass is 924 g/mol. The van der Waals surface area contributed by atoms with E-state index in [2.05, 4.69) is 266 Å². The molecule has 0 radical (unpaired) electrons.